The Morgan fingerprint density at radius 2 is 2.22 bits per heavy atom. The Morgan fingerprint density at radius 3 is 2.94 bits per heavy atom. The number of methoxy groups -OCH3 is 1. The fraction of sp³-hybridized carbons (Fsp3) is 0.533. The average molecular weight is 245 g/mol. The van der Waals surface area contributed by atoms with E-state index >= 15 is 0 Å². The van der Waals surface area contributed by atoms with Crippen molar-refractivity contribution in [3.8, 4) is 5.75 Å². The van der Waals surface area contributed by atoms with Crippen molar-refractivity contribution in [3.05, 3.63) is 29.3 Å². The predicted molar refractivity (Wildman–Crippen MR) is 70.1 cm³/mol. The van der Waals surface area contributed by atoms with E-state index in [1.165, 1.54) is 11.1 Å². The standard InChI is InChI=1S/C15H19NO2/c1-15-6-7-16(2)13(14(15)17)8-10-4-5-11(18-3)9-12(10)15/h4-5,9,13H,6-8H2,1-3H3/t13-,15-/m1/s1. The van der Waals surface area contributed by atoms with Crippen molar-refractivity contribution in [2.24, 2.45) is 0 Å². The fourth-order valence-corrected chi connectivity index (χ4v) is 3.35. The van der Waals surface area contributed by atoms with Gasteiger partial charge in [0.1, 0.15) is 5.75 Å². The Morgan fingerprint density at radius 1 is 1.44 bits per heavy atom. The maximum Gasteiger partial charge on any atom is 0.160 e. The van der Waals surface area contributed by atoms with E-state index in [0.717, 1.165) is 25.1 Å². The number of piperidine rings is 1. The highest BCUT2D eigenvalue weighted by Gasteiger charge is 2.49. The van der Waals surface area contributed by atoms with Crippen LogP contribution in [-0.4, -0.2) is 37.4 Å². The minimum Gasteiger partial charge on any atom is -0.497 e. The smallest absolute Gasteiger partial charge is 0.160 e. The number of rotatable bonds is 1. The topological polar surface area (TPSA) is 29.5 Å². The molecule has 0 spiro atoms. The molecule has 0 saturated carbocycles. The molecular weight excluding hydrogens is 226 g/mol. The molecule has 2 bridgehead atoms. The minimum atomic E-state index is -0.320. The van der Waals surface area contributed by atoms with E-state index in [4.69, 9.17) is 4.74 Å². The van der Waals surface area contributed by atoms with Crippen LogP contribution in [0.15, 0.2) is 18.2 Å². The van der Waals surface area contributed by atoms with Crippen LogP contribution in [0.25, 0.3) is 0 Å². The zero-order valence-electron chi connectivity index (χ0n) is 11.2. The van der Waals surface area contributed by atoms with Gasteiger partial charge in [0.2, 0.25) is 0 Å². The van der Waals surface area contributed by atoms with E-state index < -0.39 is 0 Å². The summed E-state index contributed by atoms with van der Waals surface area (Å²) in [6, 6.07) is 6.22. The average Bonchev–Trinajstić information content (AvgIpc) is 2.38. The van der Waals surface area contributed by atoms with Gasteiger partial charge in [0.25, 0.3) is 0 Å². The van der Waals surface area contributed by atoms with Crippen LogP contribution in [0.2, 0.25) is 0 Å². The van der Waals surface area contributed by atoms with Gasteiger partial charge in [0.05, 0.1) is 18.6 Å². The van der Waals surface area contributed by atoms with Gasteiger partial charge in [-0.3, -0.25) is 9.69 Å². The summed E-state index contributed by atoms with van der Waals surface area (Å²) in [6.45, 7) is 3.08. The highest BCUT2D eigenvalue weighted by Crippen LogP contribution is 2.42. The van der Waals surface area contributed by atoms with Crippen molar-refractivity contribution in [1.82, 2.24) is 4.90 Å². The van der Waals surface area contributed by atoms with E-state index in [2.05, 4.69) is 31.0 Å². The number of hydrogen-bond acceptors (Lipinski definition) is 3. The Labute approximate surface area is 108 Å². The lowest BCUT2D eigenvalue weighted by molar-refractivity contribution is -0.133. The SMILES string of the molecule is COc1ccc2c(c1)[C@@]1(C)CCN(C)[C@H](C2)C1=O. The molecule has 2 atom stereocenters. The summed E-state index contributed by atoms with van der Waals surface area (Å²) in [6.07, 6.45) is 1.74. The molecule has 1 aromatic carbocycles. The summed E-state index contributed by atoms with van der Waals surface area (Å²) < 4.78 is 5.30. The number of nitrogens with zero attached hydrogens (tertiary/aromatic N) is 1. The van der Waals surface area contributed by atoms with Crippen LogP contribution in [0.4, 0.5) is 0 Å². The number of carbonyl (C=O) groups excluding carboxylic acids is 1. The maximum absolute atomic E-state index is 12.6. The number of likely N-dealkylation sites (tertiary alicyclic amines) is 1. The molecule has 0 aromatic heterocycles. The van der Waals surface area contributed by atoms with Gasteiger partial charge in [0.15, 0.2) is 5.78 Å². The van der Waals surface area contributed by atoms with E-state index in [9.17, 15) is 4.79 Å². The first-order valence-corrected chi connectivity index (χ1v) is 6.48. The monoisotopic (exact) mass is 245 g/mol. The molecule has 0 unspecified atom stereocenters. The fourth-order valence-electron chi connectivity index (χ4n) is 3.35. The van der Waals surface area contributed by atoms with Crippen LogP contribution >= 0.6 is 0 Å². The predicted octanol–water partition coefficient (Wildman–Crippen LogP) is 1.78. The number of benzene rings is 1. The molecule has 0 amide bonds. The van der Waals surface area contributed by atoms with Crippen LogP contribution < -0.4 is 4.74 Å². The number of fused-ring (bicyclic) bond motifs is 4. The molecule has 18 heavy (non-hydrogen) atoms. The van der Waals surface area contributed by atoms with Crippen molar-refractivity contribution in [1.29, 1.82) is 0 Å². The summed E-state index contributed by atoms with van der Waals surface area (Å²) in [7, 11) is 3.73. The highest BCUT2D eigenvalue weighted by molar-refractivity contribution is 5.97. The quantitative estimate of drug-likeness (QED) is 0.755. The van der Waals surface area contributed by atoms with Gasteiger partial charge in [0, 0.05) is 0 Å². The molecule has 2 aliphatic rings. The first-order chi connectivity index (χ1) is 8.56. The van der Waals surface area contributed by atoms with Crippen molar-refractivity contribution in [3.63, 3.8) is 0 Å². The third-order valence-corrected chi connectivity index (χ3v) is 4.67. The van der Waals surface area contributed by atoms with Crippen LogP contribution in [0.1, 0.15) is 24.5 Å². The zero-order valence-corrected chi connectivity index (χ0v) is 11.2. The van der Waals surface area contributed by atoms with Crippen molar-refractivity contribution < 1.29 is 9.53 Å². The van der Waals surface area contributed by atoms with Crippen molar-refractivity contribution in [2.75, 3.05) is 20.7 Å². The largest absolute Gasteiger partial charge is 0.497 e. The summed E-state index contributed by atoms with van der Waals surface area (Å²) in [4.78, 5) is 14.8. The number of carbonyl (C=O) groups is 1. The van der Waals surface area contributed by atoms with E-state index in [0.29, 0.717) is 5.78 Å². The van der Waals surface area contributed by atoms with Crippen LogP contribution in [0, 0.1) is 0 Å². The molecule has 96 valence electrons. The molecule has 1 aliphatic heterocycles. The van der Waals surface area contributed by atoms with Crippen molar-refractivity contribution in [2.45, 2.75) is 31.2 Å². The van der Waals surface area contributed by atoms with E-state index in [-0.39, 0.29) is 11.5 Å². The molecule has 0 radical (unpaired) electrons. The lowest BCUT2D eigenvalue weighted by atomic mass is 9.64. The summed E-state index contributed by atoms with van der Waals surface area (Å²) in [5.41, 5.74) is 2.16. The number of Topliss-reactive ketones (excluding diaryl/α,β-unsaturated/α-hetero) is 1. The Kier molecular flexibility index (Phi) is 2.49. The molecule has 3 heteroatoms. The van der Waals surface area contributed by atoms with Gasteiger partial charge in [-0.15, -0.1) is 0 Å². The number of ether oxygens (including phenoxy) is 1. The Hall–Kier alpha value is -1.35. The molecule has 1 heterocycles. The Balaban J connectivity index is 2.16. The normalized spacial score (nSPS) is 31.1. The maximum atomic E-state index is 12.6. The first-order valence-electron chi connectivity index (χ1n) is 6.48. The summed E-state index contributed by atoms with van der Waals surface area (Å²) in [5.74, 6) is 1.22. The summed E-state index contributed by atoms with van der Waals surface area (Å²) >= 11 is 0. The number of hydrogen-bond donors (Lipinski definition) is 0. The molecule has 1 aromatic rings. The molecule has 3 rings (SSSR count). The lowest BCUT2D eigenvalue weighted by Gasteiger charge is -2.47. The molecule has 1 aliphatic carbocycles. The van der Waals surface area contributed by atoms with E-state index in [1.807, 2.05) is 6.07 Å². The van der Waals surface area contributed by atoms with Crippen LogP contribution in [0.5, 0.6) is 5.75 Å². The first kappa shape index (κ1) is 11.7. The third-order valence-electron chi connectivity index (χ3n) is 4.67. The van der Waals surface area contributed by atoms with E-state index in [1.54, 1.807) is 7.11 Å². The summed E-state index contributed by atoms with van der Waals surface area (Å²) in [5, 5.41) is 0. The highest BCUT2D eigenvalue weighted by atomic mass is 16.5. The number of ketones is 1. The second-order valence-corrected chi connectivity index (χ2v) is 5.67. The molecule has 3 nitrogen and oxygen atoms in total. The van der Waals surface area contributed by atoms with Crippen LogP contribution in [-0.2, 0) is 16.6 Å². The van der Waals surface area contributed by atoms with Crippen molar-refractivity contribution >= 4 is 5.78 Å². The number of likely N-dealkylation sites (N-methyl/N-ethyl adjacent to an activating group) is 1. The zero-order chi connectivity index (χ0) is 12.9. The van der Waals surface area contributed by atoms with Gasteiger partial charge in [-0.1, -0.05) is 6.07 Å². The van der Waals surface area contributed by atoms with Gasteiger partial charge in [-0.05, 0) is 56.6 Å². The third kappa shape index (κ3) is 1.43. The second-order valence-electron chi connectivity index (χ2n) is 5.67. The Bertz CT molecular complexity index is 511. The van der Waals surface area contributed by atoms with Gasteiger partial charge < -0.3 is 4.74 Å². The van der Waals surface area contributed by atoms with Gasteiger partial charge in [-0.2, -0.15) is 0 Å². The molecular formula is C15H19NO2. The molecule has 1 fully saturated rings. The minimum absolute atomic E-state index is 0.0599. The van der Waals surface area contributed by atoms with Crippen LogP contribution in [0.3, 0.4) is 0 Å². The van der Waals surface area contributed by atoms with Gasteiger partial charge >= 0.3 is 0 Å². The molecule has 0 N–H and O–H groups in total. The van der Waals surface area contributed by atoms with Gasteiger partial charge in [-0.25, -0.2) is 0 Å². The lowest BCUT2D eigenvalue weighted by Crippen LogP contribution is -2.58. The second kappa shape index (κ2) is 3.82. The molecule has 1 saturated heterocycles.